The van der Waals surface area contributed by atoms with Gasteiger partial charge in [-0.25, -0.2) is 4.39 Å². The zero-order valence-corrected chi connectivity index (χ0v) is 13.4. The summed E-state index contributed by atoms with van der Waals surface area (Å²) in [6.07, 6.45) is 0. The third kappa shape index (κ3) is 3.21. The van der Waals surface area contributed by atoms with Gasteiger partial charge in [-0.2, -0.15) is 0 Å². The fraction of sp³-hybridized carbons (Fsp3) is 0.167. The van der Waals surface area contributed by atoms with E-state index in [-0.39, 0.29) is 22.6 Å². The number of fused-ring (bicyclic) bond motifs is 1. The van der Waals surface area contributed by atoms with Gasteiger partial charge >= 0.3 is 0 Å². The molecule has 0 saturated carbocycles. The SMILES string of the molecule is CCOc1ccc(NC(=O)CN2C(=O)c3ccccc3C2=O)cc1F. The van der Waals surface area contributed by atoms with Gasteiger partial charge < -0.3 is 10.1 Å². The second-order valence-corrected chi connectivity index (χ2v) is 5.37. The maximum Gasteiger partial charge on any atom is 0.262 e. The molecule has 0 radical (unpaired) electrons. The number of imide groups is 1. The summed E-state index contributed by atoms with van der Waals surface area (Å²) in [5, 5.41) is 2.47. The van der Waals surface area contributed by atoms with Crippen LogP contribution in [0.3, 0.4) is 0 Å². The van der Waals surface area contributed by atoms with E-state index < -0.39 is 30.1 Å². The number of hydrogen-bond acceptors (Lipinski definition) is 4. The van der Waals surface area contributed by atoms with Crippen molar-refractivity contribution in [2.45, 2.75) is 6.92 Å². The Bertz CT molecular complexity index is 831. The number of hydrogen-bond donors (Lipinski definition) is 1. The lowest BCUT2D eigenvalue weighted by Crippen LogP contribution is -2.37. The van der Waals surface area contributed by atoms with E-state index in [0.717, 1.165) is 11.0 Å². The highest BCUT2D eigenvalue weighted by atomic mass is 19.1. The molecule has 0 unspecified atom stereocenters. The van der Waals surface area contributed by atoms with E-state index in [1.54, 1.807) is 19.1 Å². The van der Waals surface area contributed by atoms with Crippen LogP contribution in [0.2, 0.25) is 0 Å². The van der Waals surface area contributed by atoms with Crippen molar-refractivity contribution in [3.8, 4) is 5.75 Å². The summed E-state index contributed by atoms with van der Waals surface area (Å²) < 4.78 is 18.9. The van der Waals surface area contributed by atoms with E-state index in [4.69, 9.17) is 4.74 Å². The standard InChI is InChI=1S/C18H15FN2O4/c1-2-25-15-8-7-11(9-14(15)19)20-16(22)10-21-17(23)12-5-3-4-6-13(12)18(21)24/h3-9H,2,10H2,1H3,(H,20,22). The molecule has 1 aliphatic heterocycles. The number of rotatable bonds is 5. The zero-order valence-electron chi connectivity index (χ0n) is 13.4. The first-order valence-electron chi connectivity index (χ1n) is 7.68. The number of nitrogens with zero attached hydrogens (tertiary/aromatic N) is 1. The summed E-state index contributed by atoms with van der Waals surface area (Å²) in [5.41, 5.74) is 0.752. The van der Waals surface area contributed by atoms with Gasteiger partial charge in [0.25, 0.3) is 11.8 Å². The molecular weight excluding hydrogens is 327 g/mol. The number of carbonyl (C=O) groups is 3. The first kappa shape index (κ1) is 16.6. The van der Waals surface area contributed by atoms with Crippen LogP contribution >= 0.6 is 0 Å². The predicted octanol–water partition coefficient (Wildman–Crippen LogP) is 2.46. The van der Waals surface area contributed by atoms with Gasteiger partial charge in [-0.3, -0.25) is 19.3 Å². The van der Waals surface area contributed by atoms with Gasteiger partial charge in [0.2, 0.25) is 5.91 Å². The maximum atomic E-state index is 13.8. The number of halogens is 1. The lowest BCUT2D eigenvalue weighted by atomic mass is 10.1. The van der Waals surface area contributed by atoms with Crippen LogP contribution in [0, 0.1) is 5.82 Å². The average Bonchev–Trinajstić information content (AvgIpc) is 2.83. The highest BCUT2D eigenvalue weighted by molar-refractivity contribution is 6.22. The molecule has 3 rings (SSSR count). The van der Waals surface area contributed by atoms with Crippen molar-refractivity contribution in [3.63, 3.8) is 0 Å². The number of amides is 3. The normalized spacial score (nSPS) is 13.0. The smallest absolute Gasteiger partial charge is 0.262 e. The van der Waals surface area contributed by atoms with Crippen LogP contribution in [0.1, 0.15) is 27.6 Å². The molecule has 2 aromatic rings. The number of nitrogens with one attached hydrogen (secondary N) is 1. The van der Waals surface area contributed by atoms with Crippen molar-refractivity contribution < 1.29 is 23.5 Å². The molecule has 2 aromatic carbocycles. The Balaban J connectivity index is 1.69. The minimum atomic E-state index is -0.611. The Morgan fingerprint density at radius 2 is 1.76 bits per heavy atom. The minimum Gasteiger partial charge on any atom is -0.491 e. The Kier molecular flexibility index (Phi) is 4.47. The van der Waals surface area contributed by atoms with E-state index >= 15 is 0 Å². The van der Waals surface area contributed by atoms with Gasteiger partial charge in [-0.15, -0.1) is 0 Å². The Morgan fingerprint density at radius 1 is 1.12 bits per heavy atom. The van der Waals surface area contributed by atoms with Crippen molar-refractivity contribution in [3.05, 3.63) is 59.4 Å². The molecule has 0 spiro atoms. The summed E-state index contributed by atoms with van der Waals surface area (Å²) in [5.74, 6) is -2.17. The van der Waals surface area contributed by atoms with Crippen LogP contribution in [0.25, 0.3) is 0 Å². The number of ether oxygens (including phenoxy) is 1. The molecule has 6 nitrogen and oxygen atoms in total. The Hall–Kier alpha value is -3.22. The predicted molar refractivity (Wildman–Crippen MR) is 88.0 cm³/mol. The molecule has 0 bridgehead atoms. The molecule has 1 aliphatic rings. The van der Waals surface area contributed by atoms with Gasteiger partial charge in [0.1, 0.15) is 6.54 Å². The van der Waals surface area contributed by atoms with E-state index in [1.165, 1.54) is 24.3 Å². The molecule has 25 heavy (non-hydrogen) atoms. The van der Waals surface area contributed by atoms with Crippen molar-refractivity contribution >= 4 is 23.4 Å². The van der Waals surface area contributed by atoms with Gasteiger partial charge in [0, 0.05) is 11.8 Å². The van der Waals surface area contributed by atoms with Crippen molar-refractivity contribution in [1.82, 2.24) is 4.90 Å². The molecule has 0 saturated heterocycles. The van der Waals surface area contributed by atoms with Gasteiger partial charge in [0.05, 0.1) is 17.7 Å². The summed E-state index contributed by atoms with van der Waals surface area (Å²) in [7, 11) is 0. The lowest BCUT2D eigenvalue weighted by Gasteiger charge is -2.14. The molecule has 0 aliphatic carbocycles. The molecule has 3 amide bonds. The van der Waals surface area contributed by atoms with Crippen LogP contribution in [-0.2, 0) is 4.79 Å². The van der Waals surface area contributed by atoms with Crippen LogP contribution in [-0.4, -0.2) is 35.8 Å². The molecule has 7 heteroatoms. The fourth-order valence-corrected chi connectivity index (χ4v) is 2.58. The first-order chi connectivity index (χ1) is 12.0. The number of benzene rings is 2. The molecule has 128 valence electrons. The van der Waals surface area contributed by atoms with Gasteiger partial charge in [-0.05, 0) is 31.2 Å². The van der Waals surface area contributed by atoms with E-state index in [0.29, 0.717) is 6.61 Å². The van der Waals surface area contributed by atoms with Gasteiger partial charge in [0.15, 0.2) is 11.6 Å². The topological polar surface area (TPSA) is 75.7 Å². The van der Waals surface area contributed by atoms with E-state index in [2.05, 4.69) is 5.32 Å². The van der Waals surface area contributed by atoms with Crippen molar-refractivity contribution in [1.29, 1.82) is 0 Å². The second kappa shape index (κ2) is 6.72. The molecule has 0 atom stereocenters. The highest BCUT2D eigenvalue weighted by Gasteiger charge is 2.36. The summed E-state index contributed by atoms with van der Waals surface area (Å²) in [6, 6.07) is 10.4. The second-order valence-electron chi connectivity index (χ2n) is 5.37. The van der Waals surface area contributed by atoms with Crippen LogP contribution in [0.4, 0.5) is 10.1 Å². The summed E-state index contributed by atoms with van der Waals surface area (Å²) in [4.78, 5) is 37.4. The fourth-order valence-electron chi connectivity index (χ4n) is 2.58. The van der Waals surface area contributed by atoms with E-state index in [9.17, 15) is 18.8 Å². The van der Waals surface area contributed by atoms with Crippen LogP contribution in [0.5, 0.6) is 5.75 Å². The monoisotopic (exact) mass is 342 g/mol. The zero-order chi connectivity index (χ0) is 18.0. The summed E-state index contributed by atoms with van der Waals surface area (Å²) >= 11 is 0. The minimum absolute atomic E-state index is 0.0841. The molecule has 1 N–H and O–H groups in total. The third-order valence-corrected chi connectivity index (χ3v) is 3.70. The first-order valence-corrected chi connectivity index (χ1v) is 7.68. The average molecular weight is 342 g/mol. The van der Waals surface area contributed by atoms with Crippen LogP contribution < -0.4 is 10.1 Å². The van der Waals surface area contributed by atoms with E-state index in [1.807, 2.05) is 0 Å². The largest absolute Gasteiger partial charge is 0.491 e. The van der Waals surface area contributed by atoms with Crippen molar-refractivity contribution in [2.75, 3.05) is 18.5 Å². The number of anilines is 1. The molecule has 0 fully saturated rings. The lowest BCUT2D eigenvalue weighted by molar-refractivity contribution is -0.116. The maximum absolute atomic E-state index is 13.8. The highest BCUT2D eigenvalue weighted by Crippen LogP contribution is 2.23. The molecule has 1 heterocycles. The summed E-state index contributed by atoms with van der Waals surface area (Å²) in [6.45, 7) is 1.61. The molecular formula is C18H15FN2O4. The van der Waals surface area contributed by atoms with Crippen LogP contribution in [0.15, 0.2) is 42.5 Å². The third-order valence-electron chi connectivity index (χ3n) is 3.70. The number of carbonyl (C=O) groups excluding carboxylic acids is 3. The van der Waals surface area contributed by atoms with Crippen molar-refractivity contribution in [2.24, 2.45) is 0 Å². The molecule has 0 aromatic heterocycles. The quantitative estimate of drug-likeness (QED) is 0.847. The Morgan fingerprint density at radius 3 is 2.32 bits per heavy atom. The Labute approximate surface area is 143 Å². The van der Waals surface area contributed by atoms with Gasteiger partial charge in [-0.1, -0.05) is 12.1 Å².